The molecule has 0 saturated carbocycles. The lowest BCUT2D eigenvalue weighted by Crippen LogP contribution is -2.20. The van der Waals surface area contributed by atoms with Gasteiger partial charge in [-0.3, -0.25) is 4.90 Å². The van der Waals surface area contributed by atoms with Crippen molar-refractivity contribution in [2.45, 2.75) is 32.7 Å². The molecule has 3 heteroatoms. The van der Waals surface area contributed by atoms with Crippen LogP contribution >= 0.6 is 23.2 Å². The molecule has 0 unspecified atom stereocenters. The molecule has 0 N–H and O–H groups in total. The van der Waals surface area contributed by atoms with Gasteiger partial charge in [0.25, 0.3) is 0 Å². The maximum absolute atomic E-state index is 6.09. The van der Waals surface area contributed by atoms with Crippen molar-refractivity contribution >= 4 is 28.8 Å². The first kappa shape index (κ1) is 19.1. The summed E-state index contributed by atoms with van der Waals surface area (Å²) < 4.78 is 0. The maximum Gasteiger partial charge on any atom is 0.0598 e. The molecule has 0 aliphatic carbocycles. The average molecular weight is 362 g/mol. The van der Waals surface area contributed by atoms with Crippen LogP contribution in [0.15, 0.2) is 49.0 Å². The minimum absolute atomic E-state index is 0.187. The Morgan fingerprint density at radius 1 is 1.00 bits per heavy atom. The van der Waals surface area contributed by atoms with E-state index in [9.17, 15) is 0 Å². The highest BCUT2D eigenvalue weighted by Crippen LogP contribution is 2.26. The number of nitrogens with zero attached hydrogens (tertiary/aromatic N) is 1. The van der Waals surface area contributed by atoms with Gasteiger partial charge in [0, 0.05) is 13.1 Å². The van der Waals surface area contributed by atoms with Gasteiger partial charge in [0.1, 0.15) is 0 Å². The number of hydrogen-bond donors (Lipinski definition) is 0. The average Bonchev–Trinajstić information content (AvgIpc) is 2.49. The third-order valence-electron chi connectivity index (χ3n) is 4.06. The number of hydrogen-bond acceptors (Lipinski definition) is 1. The van der Waals surface area contributed by atoms with E-state index in [2.05, 4.69) is 63.6 Å². The molecule has 0 fully saturated rings. The molecule has 2 rings (SSSR count). The Morgan fingerprint density at radius 3 is 2.17 bits per heavy atom. The quantitative estimate of drug-likeness (QED) is 0.592. The normalized spacial score (nSPS) is 11.8. The van der Waals surface area contributed by atoms with Gasteiger partial charge in [0.2, 0.25) is 0 Å². The number of halogens is 2. The van der Waals surface area contributed by atoms with Crippen LogP contribution in [0.25, 0.3) is 5.57 Å². The van der Waals surface area contributed by atoms with Crippen LogP contribution in [0.4, 0.5) is 0 Å². The summed E-state index contributed by atoms with van der Waals surface area (Å²) in [6.07, 6.45) is 0. The molecule has 0 radical (unpaired) electrons. The van der Waals surface area contributed by atoms with E-state index in [1.54, 1.807) is 0 Å². The molecular weight excluding hydrogens is 337 g/mol. The first-order chi connectivity index (χ1) is 11.2. The highest BCUT2D eigenvalue weighted by molar-refractivity contribution is 6.42. The van der Waals surface area contributed by atoms with Gasteiger partial charge < -0.3 is 0 Å². The van der Waals surface area contributed by atoms with Crippen molar-refractivity contribution in [3.05, 3.63) is 75.8 Å². The summed E-state index contributed by atoms with van der Waals surface area (Å²) in [7, 11) is 2.10. The van der Waals surface area contributed by atoms with Gasteiger partial charge in [-0.25, -0.2) is 0 Å². The molecule has 2 aromatic rings. The lowest BCUT2D eigenvalue weighted by Gasteiger charge is -2.21. The van der Waals surface area contributed by atoms with E-state index >= 15 is 0 Å². The molecule has 0 aliphatic heterocycles. The van der Waals surface area contributed by atoms with Gasteiger partial charge in [-0.2, -0.15) is 0 Å². The third kappa shape index (κ3) is 5.11. The molecule has 24 heavy (non-hydrogen) atoms. The zero-order valence-electron chi connectivity index (χ0n) is 14.9. The molecule has 0 heterocycles. The maximum atomic E-state index is 6.09. The summed E-state index contributed by atoms with van der Waals surface area (Å²) in [6, 6.07) is 14.5. The number of rotatable bonds is 5. The Bertz CT molecular complexity index is 712. The molecule has 0 aliphatic rings. The second-order valence-electron chi connectivity index (χ2n) is 7.35. The summed E-state index contributed by atoms with van der Waals surface area (Å²) in [5.74, 6) is 0. The lowest BCUT2D eigenvalue weighted by molar-refractivity contribution is 0.369. The summed E-state index contributed by atoms with van der Waals surface area (Å²) in [4.78, 5) is 2.25. The highest BCUT2D eigenvalue weighted by atomic mass is 35.5. The largest absolute Gasteiger partial charge is 0.298 e. The van der Waals surface area contributed by atoms with E-state index in [4.69, 9.17) is 23.2 Å². The SMILES string of the molecule is C=C(CN(C)Cc1ccc(C(C)(C)C)cc1)c1ccc(Cl)c(Cl)c1. The second-order valence-corrected chi connectivity index (χ2v) is 8.17. The van der Waals surface area contributed by atoms with Gasteiger partial charge in [-0.1, -0.05) is 80.9 Å². The minimum Gasteiger partial charge on any atom is -0.298 e. The zero-order valence-corrected chi connectivity index (χ0v) is 16.4. The Labute approximate surface area is 155 Å². The van der Waals surface area contributed by atoms with Gasteiger partial charge in [0.15, 0.2) is 0 Å². The summed E-state index contributed by atoms with van der Waals surface area (Å²) in [6.45, 7) is 12.5. The van der Waals surface area contributed by atoms with E-state index < -0.39 is 0 Å². The predicted octanol–water partition coefficient (Wildman–Crippen LogP) is 6.44. The summed E-state index contributed by atoms with van der Waals surface area (Å²) in [5, 5.41) is 1.14. The van der Waals surface area contributed by atoms with Crippen LogP contribution < -0.4 is 0 Å². The predicted molar refractivity (Wildman–Crippen MR) is 107 cm³/mol. The van der Waals surface area contributed by atoms with Crippen molar-refractivity contribution in [3.8, 4) is 0 Å². The fraction of sp³-hybridized carbons (Fsp3) is 0.333. The molecule has 0 atom stereocenters. The smallest absolute Gasteiger partial charge is 0.0598 e. The Balaban J connectivity index is 1.98. The molecule has 0 amide bonds. The van der Waals surface area contributed by atoms with Crippen LogP contribution in [0.2, 0.25) is 10.0 Å². The van der Waals surface area contributed by atoms with E-state index in [1.807, 2.05) is 18.2 Å². The van der Waals surface area contributed by atoms with Crippen LogP contribution in [-0.2, 0) is 12.0 Å². The molecule has 2 aromatic carbocycles. The second kappa shape index (κ2) is 7.74. The summed E-state index contributed by atoms with van der Waals surface area (Å²) in [5.41, 5.74) is 4.90. The van der Waals surface area contributed by atoms with E-state index in [0.717, 1.165) is 24.2 Å². The lowest BCUT2D eigenvalue weighted by atomic mass is 9.87. The molecular formula is C21H25Cl2N. The molecule has 0 bridgehead atoms. The standard InChI is InChI=1S/C21H25Cl2N/c1-15(17-8-11-19(22)20(23)12-17)13-24(5)14-16-6-9-18(10-7-16)21(2,3)4/h6-12H,1,13-14H2,2-5H3. The van der Waals surface area contributed by atoms with Crippen LogP contribution in [0, 0.1) is 0 Å². The number of benzene rings is 2. The molecule has 0 aromatic heterocycles. The van der Waals surface area contributed by atoms with Gasteiger partial charge >= 0.3 is 0 Å². The van der Waals surface area contributed by atoms with Gasteiger partial charge in [0.05, 0.1) is 10.0 Å². The fourth-order valence-corrected chi connectivity index (χ4v) is 2.91. The van der Waals surface area contributed by atoms with E-state index in [-0.39, 0.29) is 5.41 Å². The fourth-order valence-electron chi connectivity index (χ4n) is 2.61. The first-order valence-corrected chi connectivity index (χ1v) is 8.83. The van der Waals surface area contributed by atoms with Crippen LogP contribution in [-0.4, -0.2) is 18.5 Å². The summed E-state index contributed by atoms with van der Waals surface area (Å²) >= 11 is 12.1. The molecule has 0 spiro atoms. The van der Waals surface area contributed by atoms with Crippen molar-refractivity contribution in [1.82, 2.24) is 4.90 Å². The number of likely N-dealkylation sites (N-methyl/N-ethyl adjacent to an activating group) is 1. The molecule has 0 saturated heterocycles. The van der Waals surface area contributed by atoms with Crippen molar-refractivity contribution in [1.29, 1.82) is 0 Å². The Morgan fingerprint density at radius 2 is 1.62 bits per heavy atom. The van der Waals surface area contributed by atoms with Crippen molar-refractivity contribution < 1.29 is 0 Å². The van der Waals surface area contributed by atoms with Crippen LogP contribution in [0.3, 0.4) is 0 Å². The van der Waals surface area contributed by atoms with Crippen molar-refractivity contribution in [2.75, 3.05) is 13.6 Å². The van der Waals surface area contributed by atoms with Crippen LogP contribution in [0.1, 0.15) is 37.5 Å². The highest BCUT2D eigenvalue weighted by Gasteiger charge is 2.13. The van der Waals surface area contributed by atoms with Gasteiger partial charge in [-0.05, 0) is 46.9 Å². The van der Waals surface area contributed by atoms with Crippen molar-refractivity contribution in [2.24, 2.45) is 0 Å². The Hall–Kier alpha value is -1.28. The van der Waals surface area contributed by atoms with Gasteiger partial charge in [-0.15, -0.1) is 0 Å². The first-order valence-electron chi connectivity index (χ1n) is 8.08. The Kier molecular flexibility index (Phi) is 6.14. The van der Waals surface area contributed by atoms with Crippen LogP contribution in [0.5, 0.6) is 0 Å². The zero-order chi connectivity index (χ0) is 17.9. The van der Waals surface area contributed by atoms with E-state index in [0.29, 0.717) is 10.0 Å². The topological polar surface area (TPSA) is 3.24 Å². The molecule has 128 valence electrons. The monoisotopic (exact) mass is 361 g/mol. The molecule has 1 nitrogen and oxygen atoms in total. The third-order valence-corrected chi connectivity index (χ3v) is 4.80. The minimum atomic E-state index is 0.187. The van der Waals surface area contributed by atoms with E-state index in [1.165, 1.54) is 11.1 Å². The van der Waals surface area contributed by atoms with Crippen molar-refractivity contribution in [3.63, 3.8) is 0 Å².